The van der Waals surface area contributed by atoms with Crippen molar-refractivity contribution in [3.8, 4) is 34.7 Å². The maximum Gasteiger partial charge on any atom is 0.308 e. The summed E-state index contributed by atoms with van der Waals surface area (Å²) in [7, 11) is 0. The Morgan fingerprint density at radius 1 is 1.24 bits per heavy atom. The van der Waals surface area contributed by atoms with Crippen molar-refractivity contribution < 1.29 is 19.2 Å². The highest BCUT2D eigenvalue weighted by molar-refractivity contribution is 5.86. The van der Waals surface area contributed by atoms with E-state index in [-0.39, 0.29) is 29.2 Å². The third-order valence-corrected chi connectivity index (χ3v) is 5.89. The quantitative estimate of drug-likeness (QED) is 0.422. The van der Waals surface area contributed by atoms with E-state index in [2.05, 4.69) is 20.8 Å². The van der Waals surface area contributed by atoms with E-state index in [1.54, 1.807) is 6.07 Å². The number of carbonyl (C=O) groups is 1. The molecule has 0 spiro atoms. The number of carbonyl (C=O) groups excluding carboxylic acids is 1. The van der Waals surface area contributed by atoms with Crippen LogP contribution in [0.2, 0.25) is 0 Å². The molecule has 8 nitrogen and oxygen atoms in total. The van der Waals surface area contributed by atoms with Gasteiger partial charge in [-0.2, -0.15) is 10.2 Å². The Morgan fingerprint density at radius 3 is 2.79 bits per heavy atom. The second-order valence-electron chi connectivity index (χ2n) is 9.53. The van der Waals surface area contributed by atoms with Crippen molar-refractivity contribution in [2.45, 2.75) is 51.7 Å². The van der Waals surface area contributed by atoms with Gasteiger partial charge >= 0.3 is 5.97 Å². The van der Waals surface area contributed by atoms with Crippen LogP contribution in [0.1, 0.15) is 50.9 Å². The molecule has 1 N–H and O–H groups in total. The number of nitriles is 1. The van der Waals surface area contributed by atoms with Crippen LogP contribution in [0.5, 0.6) is 5.75 Å². The fourth-order valence-electron chi connectivity index (χ4n) is 4.47. The number of phenolic OH excluding ortho intramolecular Hbond substituents is 1. The molecule has 0 saturated heterocycles. The van der Waals surface area contributed by atoms with Gasteiger partial charge in [-0.3, -0.25) is 4.79 Å². The van der Waals surface area contributed by atoms with Gasteiger partial charge in [0.2, 0.25) is 5.82 Å². The number of aryl methyl sites for hydroxylation is 1. The van der Waals surface area contributed by atoms with E-state index in [1.807, 2.05) is 45.0 Å². The first-order valence-corrected chi connectivity index (χ1v) is 11.1. The highest BCUT2D eigenvalue weighted by atomic mass is 16.6. The van der Waals surface area contributed by atoms with Crippen LogP contribution < -0.4 is 0 Å². The standard InChI is InChI=1S/C26H24N4O4/c1-26(2,3)33-23(32)13-20-8-7-19-11-15-4-5-16(12-21(15)30(19)20)24-28-25(34-29-24)17-6-9-22(31)18(10-17)14-27/h4-6,9-12,20,31H,7-8,13H2,1-3H3. The Morgan fingerprint density at radius 2 is 2.03 bits per heavy atom. The fraction of sp³-hybridized carbons (Fsp3) is 0.308. The molecular formula is C26H24N4O4. The normalized spacial score (nSPS) is 15.3. The van der Waals surface area contributed by atoms with E-state index in [0.29, 0.717) is 17.8 Å². The van der Waals surface area contributed by atoms with E-state index >= 15 is 0 Å². The second kappa shape index (κ2) is 8.03. The van der Waals surface area contributed by atoms with Gasteiger partial charge in [-0.1, -0.05) is 17.3 Å². The number of aromatic nitrogens is 3. The Hall–Kier alpha value is -4.12. The highest BCUT2D eigenvalue weighted by Crippen LogP contribution is 2.37. The van der Waals surface area contributed by atoms with Gasteiger partial charge < -0.3 is 18.9 Å². The summed E-state index contributed by atoms with van der Waals surface area (Å²) in [5.41, 5.74) is 3.18. The lowest BCUT2D eigenvalue weighted by Gasteiger charge is -2.22. The van der Waals surface area contributed by atoms with Crippen molar-refractivity contribution in [2.75, 3.05) is 0 Å². The first-order chi connectivity index (χ1) is 16.2. The number of hydrogen-bond donors (Lipinski definition) is 1. The molecule has 4 aromatic rings. The molecule has 3 heterocycles. The summed E-state index contributed by atoms with van der Waals surface area (Å²) in [6, 6.07) is 14.7. The summed E-state index contributed by atoms with van der Waals surface area (Å²) in [5.74, 6) is 0.381. The Balaban J connectivity index is 1.46. The first-order valence-electron chi connectivity index (χ1n) is 11.1. The van der Waals surface area contributed by atoms with Crippen molar-refractivity contribution in [1.82, 2.24) is 14.7 Å². The maximum atomic E-state index is 12.5. The molecule has 0 aliphatic carbocycles. The minimum absolute atomic E-state index is 0.0415. The molecule has 34 heavy (non-hydrogen) atoms. The van der Waals surface area contributed by atoms with Crippen LogP contribution in [-0.4, -0.2) is 31.4 Å². The Bertz CT molecular complexity index is 1450. The summed E-state index contributed by atoms with van der Waals surface area (Å²) in [5, 5.41) is 24.1. The third-order valence-electron chi connectivity index (χ3n) is 5.89. The van der Waals surface area contributed by atoms with Gasteiger partial charge in [0, 0.05) is 28.4 Å². The number of benzene rings is 2. The Kier molecular flexibility index (Phi) is 5.13. The number of fused-ring (bicyclic) bond motifs is 3. The lowest BCUT2D eigenvalue weighted by molar-refractivity contribution is -0.155. The molecule has 1 aliphatic rings. The maximum absolute atomic E-state index is 12.5. The van der Waals surface area contributed by atoms with Crippen LogP contribution in [-0.2, 0) is 16.0 Å². The van der Waals surface area contributed by atoms with Gasteiger partial charge in [0.05, 0.1) is 12.0 Å². The number of aromatic hydroxyl groups is 1. The van der Waals surface area contributed by atoms with Crippen molar-refractivity contribution in [3.05, 3.63) is 53.7 Å². The molecule has 1 aliphatic heterocycles. The van der Waals surface area contributed by atoms with Crippen LogP contribution in [0.3, 0.4) is 0 Å². The topological polar surface area (TPSA) is 114 Å². The monoisotopic (exact) mass is 456 g/mol. The zero-order chi connectivity index (χ0) is 24.0. The van der Waals surface area contributed by atoms with Gasteiger partial charge in [0.25, 0.3) is 5.89 Å². The molecule has 172 valence electrons. The number of rotatable bonds is 4. The van der Waals surface area contributed by atoms with E-state index in [9.17, 15) is 9.90 Å². The molecule has 0 amide bonds. The molecule has 0 saturated carbocycles. The molecule has 2 aromatic heterocycles. The summed E-state index contributed by atoms with van der Waals surface area (Å²) in [6.45, 7) is 5.63. The summed E-state index contributed by atoms with van der Waals surface area (Å²) >= 11 is 0. The molecule has 1 unspecified atom stereocenters. The number of nitrogens with zero attached hydrogens (tertiary/aromatic N) is 4. The first kappa shape index (κ1) is 21.7. The SMILES string of the molecule is CC(C)(C)OC(=O)CC1CCc2cc3ccc(-c4noc(-c5ccc(O)c(C#N)c5)n4)cc3n21. The predicted molar refractivity (Wildman–Crippen MR) is 125 cm³/mol. The van der Waals surface area contributed by atoms with E-state index in [1.165, 1.54) is 17.8 Å². The lowest BCUT2D eigenvalue weighted by atomic mass is 10.1. The van der Waals surface area contributed by atoms with Crippen molar-refractivity contribution in [1.29, 1.82) is 5.26 Å². The Labute approximate surface area is 196 Å². The number of ether oxygens (including phenoxy) is 1. The number of hydrogen-bond acceptors (Lipinski definition) is 7. The van der Waals surface area contributed by atoms with Crippen LogP contribution >= 0.6 is 0 Å². The van der Waals surface area contributed by atoms with Crippen molar-refractivity contribution in [2.24, 2.45) is 0 Å². The number of phenols is 1. The molecule has 8 heteroatoms. The zero-order valence-electron chi connectivity index (χ0n) is 19.2. The lowest BCUT2D eigenvalue weighted by Crippen LogP contribution is -2.25. The predicted octanol–water partition coefficient (Wildman–Crippen LogP) is 5.15. The van der Waals surface area contributed by atoms with Crippen molar-refractivity contribution in [3.63, 3.8) is 0 Å². The fourth-order valence-corrected chi connectivity index (χ4v) is 4.47. The molecular weight excluding hydrogens is 432 g/mol. The van der Waals surface area contributed by atoms with Gasteiger partial charge in [-0.25, -0.2) is 0 Å². The molecule has 1 atom stereocenters. The summed E-state index contributed by atoms with van der Waals surface area (Å²) in [6.07, 6.45) is 2.13. The van der Waals surface area contributed by atoms with Crippen molar-refractivity contribution >= 4 is 16.9 Å². The average molecular weight is 457 g/mol. The highest BCUT2D eigenvalue weighted by Gasteiger charge is 2.28. The average Bonchev–Trinajstić information content (AvgIpc) is 3.49. The second-order valence-corrected chi connectivity index (χ2v) is 9.53. The van der Waals surface area contributed by atoms with E-state index in [4.69, 9.17) is 14.5 Å². The van der Waals surface area contributed by atoms with Crippen LogP contribution in [0.4, 0.5) is 0 Å². The number of esters is 1. The third kappa shape index (κ3) is 4.01. The van der Waals surface area contributed by atoms with Gasteiger partial charge in [0.1, 0.15) is 17.4 Å². The van der Waals surface area contributed by atoms with Crippen LogP contribution in [0, 0.1) is 11.3 Å². The molecule has 5 rings (SSSR count). The van der Waals surface area contributed by atoms with Gasteiger partial charge in [-0.05, 0) is 69.3 Å². The zero-order valence-corrected chi connectivity index (χ0v) is 19.2. The van der Waals surface area contributed by atoms with Gasteiger partial charge in [-0.15, -0.1) is 0 Å². The summed E-state index contributed by atoms with van der Waals surface area (Å²) in [4.78, 5) is 17.0. The largest absolute Gasteiger partial charge is 0.507 e. The molecule has 2 aromatic carbocycles. The minimum Gasteiger partial charge on any atom is -0.507 e. The summed E-state index contributed by atoms with van der Waals surface area (Å²) < 4.78 is 13.2. The molecule has 0 bridgehead atoms. The van der Waals surface area contributed by atoms with E-state index in [0.717, 1.165) is 29.3 Å². The molecule has 0 radical (unpaired) electrons. The smallest absolute Gasteiger partial charge is 0.308 e. The molecule has 0 fully saturated rings. The van der Waals surface area contributed by atoms with E-state index < -0.39 is 5.60 Å². The minimum atomic E-state index is -0.508. The van der Waals surface area contributed by atoms with Crippen LogP contribution in [0.25, 0.3) is 33.7 Å². The van der Waals surface area contributed by atoms with Crippen LogP contribution in [0.15, 0.2) is 47.0 Å². The van der Waals surface area contributed by atoms with Gasteiger partial charge in [0.15, 0.2) is 0 Å².